The summed E-state index contributed by atoms with van der Waals surface area (Å²) in [4.78, 5) is 14.4. The fourth-order valence-corrected chi connectivity index (χ4v) is 2.68. The van der Waals surface area contributed by atoms with Crippen LogP contribution < -0.4 is 5.73 Å². The SMILES string of the molecule is NC(C(=O)N1CCCC1)C(O)c1cccs1. The van der Waals surface area contributed by atoms with Crippen LogP contribution in [-0.4, -0.2) is 35.0 Å². The first-order chi connectivity index (χ1) is 7.70. The van der Waals surface area contributed by atoms with Gasteiger partial charge in [0.25, 0.3) is 0 Å². The van der Waals surface area contributed by atoms with Gasteiger partial charge in [-0.3, -0.25) is 4.79 Å². The first kappa shape index (κ1) is 11.6. The Morgan fingerprint density at radius 2 is 2.19 bits per heavy atom. The Kier molecular flexibility index (Phi) is 3.58. The van der Waals surface area contributed by atoms with Gasteiger partial charge >= 0.3 is 0 Å². The zero-order valence-electron chi connectivity index (χ0n) is 9.00. The van der Waals surface area contributed by atoms with Crippen LogP contribution in [0.3, 0.4) is 0 Å². The number of nitrogens with zero attached hydrogens (tertiary/aromatic N) is 1. The molecule has 2 heterocycles. The number of rotatable bonds is 3. The minimum absolute atomic E-state index is 0.140. The van der Waals surface area contributed by atoms with Gasteiger partial charge in [0.05, 0.1) is 0 Å². The van der Waals surface area contributed by atoms with Crippen LogP contribution in [0.2, 0.25) is 0 Å². The number of thiophene rings is 1. The highest BCUT2D eigenvalue weighted by Gasteiger charge is 2.30. The molecule has 0 aliphatic carbocycles. The van der Waals surface area contributed by atoms with Crippen molar-refractivity contribution in [1.82, 2.24) is 4.90 Å². The number of hydrogen-bond donors (Lipinski definition) is 2. The van der Waals surface area contributed by atoms with Crippen LogP contribution >= 0.6 is 11.3 Å². The second-order valence-corrected chi connectivity index (χ2v) is 5.00. The topological polar surface area (TPSA) is 66.6 Å². The molecule has 1 aromatic rings. The van der Waals surface area contributed by atoms with Crippen LogP contribution in [0.25, 0.3) is 0 Å². The molecule has 3 N–H and O–H groups in total. The first-order valence-electron chi connectivity index (χ1n) is 5.46. The number of aliphatic hydroxyl groups excluding tert-OH is 1. The van der Waals surface area contributed by atoms with E-state index < -0.39 is 12.1 Å². The van der Waals surface area contributed by atoms with Gasteiger partial charge in [-0.25, -0.2) is 0 Å². The number of carbonyl (C=O) groups is 1. The van der Waals surface area contributed by atoms with Gasteiger partial charge in [-0.15, -0.1) is 11.3 Å². The summed E-state index contributed by atoms with van der Waals surface area (Å²) in [5.41, 5.74) is 5.80. The van der Waals surface area contributed by atoms with Crippen LogP contribution in [0, 0.1) is 0 Å². The average molecular weight is 240 g/mol. The van der Waals surface area contributed by atoms with E-state index in [0.29, 0.717) is 0 Å². The molecular weight excluding hydrogens is 224 g/mol. The molecule has 1 aliphatic rings. The van der Waals surface area contributed by atoms with Gasteiger partial charge < -0.3 is 15.7 Å². The van der Waals surface area contributed by atoms with Crippen LogP contribution in [-0.2, 0) is 4.79 Å². The van der Waals surface area contributed by atoms with Crippen molar-refractivity contribution in [2.24, 2.45) is 5.73 Å². The van der Waals surface area contributed by atoms with E-state index in [1.54, 1.807) is 11.0 Å². The predicted octanol–water partition coefficient (Wildman–Crippen LogP) is 0.731. The van der Waals surface area contributed by atoms with E-state index in [4.69, 9.17) is 5.73 Å². The number of likely N-dealkylation sites (tertiary alicyclic amines) is 1. The molecule has 5 heteroatoms. The van der Waals surface area contributed by atoms with Crippen LogP contribution in [0.15, 0.2) is 17.5 Å². The van der Waals surface area contributed by atoms with Crippen molar-refractivity contribution in [3.63, 3.8) is 0 Å². The summed E-state index contributed by atoms with van der Waals surface area (Å²) in [6, 6.07) is 2.81. The third kappa shape index (κ3) is 2.26. The molecule has 0 radical (unpaired) electrons. The fourth-order valence-electron chi connectivity index (χ4n) is 1.92. The lowest BCUT2D eigenvalue weighted by molar-refractivity contribution is -0.134. The van der Waals surface area contributed by atoms with Crippen molar-refractivity contribution in [2.75, 3.05) is 13.1 Å². The largest absolute Gasteiger partial charge is 0.385 e. The van der Waals surface area contributed by atoms with E-state index in [1.165, 1.54) is 11.3 Å². The molecule has 0 aromatic carbocycles. The standard InChI is InChI=1S/C11H16N2O2S/c12-9(10(14)8-4-3-7-16-8)11(15)13-5-1-2-6-13/h3-4,7,9-10,14H,1-2,5-6,12H2. The third-order valence-electron chi connectivity index (χ3n) is 2.88. The monoisotopic (exact) mass is 240 g/mol. The molecule has 1 amide bonds. The molecule has 0 spiro atoms. The van der Waals surface area contributed by atoms with Crippen molar-refractivity contribution in [1.29, 1.82) is 0 Å². The van der Waals surface area contributed by atoms with E-state index in [0.717, 1.165) is 30.8 Å². The van der Waals surface area contributed by atoms with E-state index in [1.807, 2.05) is 11.4 Å². The van der Waals surface area contributed by atoms with Crippen molar-refractivity contribution < 1.29 is 9.90 Å². The van der Waals surface area contributed by atoms with Crippen LogP contribution in [0.4, 0.5) is 0 Å². The lowest BCUT2D eigenvalue weighted by Gasteiger charge is -2.23. The number of hydrogen-bond acceptors (Lipinski definition) is 4. The number of carbonyl (C=O) groups excluding carboxylic acids is 1. The summed E-state index contributed by atoms with van der Waals surface area (Å²) < 4.78 is 0. The van der Waals surface area contributed by atoms with Gasteiger partial charge in [-0.05, 0) is 24.3 Å². The molecule has 2 unspecified atom stereocenters. The summed E-state index contributed by atoms with van der Waals surface area (Å²) >= 11 is 1.42. The third-order valence-corrected chi connectivity index (χ3v) is 3.82. The quantitative estimate of drug-likeness (QED) is 0.818. The van der Waals surface area contributed by atoms with Gasteiger partial charge in [0, 0.05) is 18.0 Å². The molecule has 2 rings (SSSR count). The summed E-state index contributed by atoms with van der Waals surface area (Å²) in [7, 11) is 0. The van der Waals surface area contributed by atoms with Gasteiger partial charge in [0.1, 0.15) is 12.1 Å². The smallest absolute Gasteiger partial charge is 0.242 e. The second-order valence-electron chi connectivity index (χ2n) is 4.02. The first-order valence-corrected chi connectivity index (χ1v) is 6.34. The van der Waals surface area contributed by atoms with Crippen LogP contribution in [0.1, 0.15) is 23.8 Å². The molecule has 1 fully saturated rings. The maximum absolute atomic E-state index is 11.9. The van der Waals surface area contributed by atoms with Crippen LogP contribution in [0.5, 0.6) is 0 Å². The average Bonchev–Trinajstić information content (AvgIpc) is 2.97. The van der Waals surface area contributed by atoms with Crippen molar-refractivity contribution >= 4 is 17.2 Å². The summed E-state index contributed by atoms with van der Waals surface area (Å²) in [5.74, 6) is -0.140. The molecule has 0 bridgehead atoms. The molecule has 4 nitrogen and oxygen atoms in total. The van der Waals surface area contributed by atoms with Gasteiger partial charge in [0.2, 0.25) is 5.91 Å². The molecule has 16 heavy (non-hydrogen) atoms. The highest BCUT2D eigenvalue weighted by Crippen LogP contribution is 2.22. The maximum atomic E-state index is 11.9. The summed E-state index contributed by atoms with van der Waals surface area (Å²) in [6.45, 7) is 1.54. The zero-order chi connectivity index (χ0) is 11.5. The van der Waals surface area contributed by atoms with Gasteiger partial charge in [0.15, 0.2) is 0 Å². The molecule has 0 saturated carbocycles. The molecule has 1 aliphatic heterocycles. The molecule has 1 saturated heterocycles. The predicted molar refractivity (Wildman–Crippen MR) is 63.1 cm³/mol. The minimum Gasteiger partial charge on any atom is -0.385 e. The molecular formula is C11H16N2O2S. The Hall–Kier alpha value is -0.910. The molecule has 88 valence electrons. The van der Waals surface area contributed by atoms with E-state index in [-0.39, 0.29) is 5.91 Å². The zero-order valence-corrected chi connectivity index (χ0v) is 9.82. The number of amides is 1. The molecule has 1 aromatic heterocycles. The minimum atomic E-state index is -0.881. The number of aliphatic hydroxyl groups is 1. The lowest BCUT2D eigenvalue weighted by Crippen LogP contribution is -2.45. The Labute approximate surface area is 98.7 Å². The normalized spacial score (nSPS) is 19.8. The Balaban J connectivity index is 2.01. The van der Waals surface area contributed by atoms with Crippen molar-refractivity contribution in [3.05, 3.63) is 22.4 Å². The lowest BCUT2D eigenvalue weighted by atomic mass is 10.1. The van der Waals surface area contributed by atoms with E-state index in [2.05, 4.69) is 0 Å². The fraction of sp³-hybridized carbons (Fsp3) is 0.545. The summed E-state index contributed by atoms with van der Waals surface area (Å²) in [6.07, 6.45) is 1.19. The Morgan fingerprint density at radius 3 is 2.75 bits per heavy atom. The molecule has 2 atom stereocenters. The summed E-state index contributed by atoms with van der Waals surface area (Å²) in [5, 5.41) is 11.8. The second kappa shape index (κ2) is 4.95. The Morgan fingerprint density at radius 1 is 1.50 bits per heavy atom. The Bertz CT molecular complexity index is 347. The maximum Gasteiger partial charge on any atom is 0.242 e. The van der Waals surface area contributed by atoms with E-state index in [9.17, 15) is 9.90 Å². The number of nitrogens with two attached hydrogens (primary N) is 1. The highest BCUT2D eigenvalue weighted by molar-refractivity contribution is 7.10. The van der Waals surface area contributed by atoms with Gasteiger partial charge in [-0.2, -0.15) is 0 Å². The van der Waals surface area contributed by atoms with E-state index >= 15 is 0 Å². The van der Waals surface area contributed by atoms with Crippen molar-refractivity contribution in [3.8, 4) is 0 Å². The highest BCUT2D eigenvalue weighted by atomic mass is 32.1. The van der Waals surface area contributed by atoms with Gasteiger partial charge in [-0.1, -0.05) is 6.07 Å². The van der Waals surface area contributed by atoms with Crippen molar-refractivity contribution in [2.45, 2.75) is 25.0 Å².